The Hall–Kier alpha value is -6.93. The van der Waals surface area contributed by atoms with Crippen LogP contribution in [0.4, 0.5) is 0 Å². The molecule has 0 bridgehead atoms. The average molecular weight is 732 g/mol. The SMILES string of the molecule is N#Cc1ccc(-c2cccc3c2-c2ccc(C4C=C(c5cccc6ccccc56)N=C(c5ccccc5)N4)cc2C32c3ccccc3Sc3ccccc32)cc1. The Kier molecular flexibility index (Phi) is 7.45. The largest absolute Gasteiger partial charge is 0.359 e. The monoisotopic (exact) mass is 731 g/mol. The maximum Gasteiger partial charge on any atom is 0.134 e. The highest BCUT2D eigenvalue weighted by molar-refractivity contribution is 7.99. The van der Waals surface area contributed by atoms with E-state index in [1.54, 1.807) is 0 Å². The summed E-state index contributed by atoms with van der Waals surface area (Å²) in [5.41, 5.74) is 14.3. The lowest BCUT2D eigenvalue weighted by Crippen LogP contribution is -2.33. The molecule has 56 heavy (non-hydrogen) atoms. The van der Waals surface area contributed by atoms with Gasteiger partial charge < -0.3 is 5.32 Å². The fourth-order valence-corrected chi connectivity index (χ4v) is 10.4. The van der Waals surface area contributed by atoms with E-state index in [1.165, 1.54) is 65.1 Å². The quantitative estimate of drug-likeness (QED) is 0.196. The number of hydrogen-bond acceptors (Lipinski definition) is 4. The second-order valence-corrected chi connectivity index (χ2v) is 15.7. The van der Waals surface area contributed by atoms with E-state index in [0.29, 0.717) is 5.56 Å². The van der Waals surface area contributed by atoms with Crippen LogP contribution in [-0.2, 0) is 5.41 Å². The van der Waals surface area contributed by atoms with Crippen LogP contribution < -0.4 is 5.32 Å². The summed E-state index contributed by atoms with van der Waals surface area (Å²) in [7, 11) is 0. The molecule has 11 rings (SSSR count). The number of rotatable bonds is 4. The summed E-state index contributed by atoms with van der Waals surface area (Å²) in [6, 6.07) is 67.4. The zero-order chi connectivity index (χ0) is 37.2. The normalized spacial score (nSPS) is 15.7. The van der Waals surface area contributed by atoms with Gasteiger partial charge in [0.15, 0.2) is 0 Å². The number of aliphatic imine (C=N–C) groups is 1. The van der Waals surface area contributed by atoms with E-state index in [4.69, 9.17) is 4.99 Å². The summed E-state index contributed by atoms with van der Waals surface area (Å²) in [4.78, 5) is 7.84. The van der Waals surface area contributed by atoms with Crippen LogP contribution in [0.15, 0.2) is 203 Å². The van der Waals surface area contributed by atoms with Crippen LogP contribution in [0.1, 0.15) is 50.5 Å². The molecular weight excluding hydrogens is 699 g/mol. The minimum atomic E-state index is -0.547. The van der Waals surface area contributed by atoms with Crippen LogP contribution in [0.2, 0.25) is 0 Å². The van der Waals surface area contributed by atoms with E-state index in [9.17, 15) is 5.26 Å². The van der Waals surface area contributed by atoms with Gasteiger partial charge in [0.1, 0.15) is 5.84 Å². The van der Waals surface area contributed by atoms with Crippen molar-refractivity contribution in [1.29, 1.82) is 5.26 Å². The van der Waals surface area contributed by atoms with Gasteiger partial charge in [-0.25, -0.2) is 4.99 Å². The summed E-state index contributed by atoms with van der Waals surface area (Å²) in [5.74, 6) is 0.854. The fraction of sp³-hybridized carbons (Fsp3) is 0.0385. The first-order valence-electron chi connectivity index (χ1n) is 19.0. The number of nitrogens with one attached hydrogen (secondary N) is 1. The third-order valence-corrected chi connectivity index (χ3v) is 12.8. The molecule has 1 spiro atoms. The highest BCUT2D eigenvalue weighted by Crippen LogP contribution is 2.63. The van der Waals surface area contributed by atoms with Crippen molar-refractivity contribution in [2.75, 3.05) is 0 Å². The van der Waals surface area contributed by atoms with Crippen LogP contribution in [0.3, 0.4) is 0 Å². The maximum atomic E-state index is 9.61. The highest BCUT2D eigenvalue weighted by Gasteiger charge is 2.51. The standard InChI is InChI=1S/C52H33N3S/c53-32-33-24-26-35(27-25-33)39-17-11-21-44-50(39)41-29-28-37(30-45(41)52(44)42-19-6-8-22-48(42)56-49-23-9-7-20-43(49)52)46-31-47(55-51(54-46)36-13-2-1-3-14-36)40-18-10-15-34-12-4-5-16-38(34)40/h1-31,46H,(H,54,55). The molecule has 4 heteroatoms. The predicted octanol–water partition coefficient (Wildman–Crippen LogP) is 12.3. The Bertz CT molecular complexity index is 2940. The Morgan fingerprint density at radius 1 is 0.554 bits per heavy atom. The van der Waals surface area contributed by atoms with Crippen LogP contribution >= 0.6 is 11.8 Å². The first-order chi connectivity index (χ1) is 27.7. The number of amidine groups is 1. The second-order valence-electron chi connectivity index (χ2n) is 14.6. The number of nitrogens with zero attached hydrogens (tertiary/aromatic N) is 2. The average Bonchev–Trinajstić information content (AvgIpc) is 3.56. The van der Waals surface area contributed by atoms with Gasteiger partial charge in [-0.05, 0) is 91.2 Å². The smallest absolute Gasteiger partial charge is 0.134 e. The highest BCUT2D eigenvalue weighted by atomic mass is 32.2. The number of fused-ring (bicyclic) bond motifs is 10. The van der Waals surface area contributed by atoms with Crippen molar-refractivity contribution in [1.82, 2.24) is 5.32 Å². The molecule has 2 aliphatic heterocycles. The van der Waals surface area contributed by atoms with Crippen molar-refractivity contribution >= 4 is 34.1 Å². The molecule has 0 fully saturated rings. The van der Waals surface area contributed by atoms with E-state index in [2.05, 4.69) is 181 Å². The molecule has 3 aliphatic rings. The van der Waals surface area contributed by atoms with Crippen molar-refractivity contribution in [3.05, 3.63) is 233 Å². The van der Waals surface area contributed by atoms with Crippen LogP contribution in [0.25, 0.3) is 38.7 Å². The number of nitriles is 1. The van der Waals surface area contributed by atoms with E-state index < -0.39 is 5.41 Å². The van der Waals surface area contributed by atoms with Gasteiger partial charge in [-0.2, -0.15) is 5.26 Å². The van der Waals surface area contributed by atoms with Crippen molar-refractivity contribution in [2.24, 2.45) is 4.99 Å². The second kappa shape index (κ2) is 12.8. The summed E-state index contributed by atoms with van der Waals surface area (Å²) >= 11 is 1.86. The summed E-state index contributed by atoms with van der Waals surface area (Å²) in [5, 5.41) is 15.9. The summed E-state index contributed by atoms with van der Waals surface area (Å²) < 4.78 is 0. The van der Waals surface area contributed by atoms with Crippen molar-refractivity contribution in [3.63, 3.8) is 0 Å². The first-order valence-corrected chi connectivity index (χ1v) is 19.8. The Labute approximate surface area is 330 Å². The lowest BCUT2D eigenvalue weighted by Gasteiger charge is -2.40. The first kappa shape index (κ1) is 32.5. The van der Waals surface area contributed by atoms with Crippen molar-refractivity contribution < 1.29 is 0 Å². The van der Waals surface area contributed by atoms with Crippen molar-refractivity contribution in [3.8, 4) is 28.3 Å². The molecule has 1 aliphatic carbocycles. The fourth-order valence-electron chi connectivity index (χ4n) is 9.18. The molecule has 8 aromatic carbocycles. The molecule has 1 N–H and O–H groups in total. The number of benzene rings is 8. The third-order valence-electron chi connectivity index (χ3n) is 11.6. The molecule has 262 valence electrons. The molecule has 0 aromatic heterocycles. The van der Waals surface area contributed by atoms with E-state index in [-0.39, 0.29) is 6.04 Å². The maximum absolute atomic E-state index is 9.61. The Morgan fingerprint density at radius 2 is 1.21 bits per heavy atom. The molecule has 0 amide bonds. The molecule has 8 aromatic rings. The van der Waals surface area contributed by atoms with Gasteiger partial charge in [-0.15, -0.1) is 0 Å². The third kappa shape index (κ3) is 4.88. The van der Waals surface area contributed by atoms with Gasteiger partial charge in [-0.3, -0.25) is 0 Å². The minimum Gasteiger partial charge on any atom is -0.359 e. The zero-order valence-corrected chi connectivity index (χ0v) is 31.1. The van der Waals surface area contributed by atoms with Gasteiger partial charge >= 0.3 is 0 Å². The lowest BCUT2D eigenvalue weighted by molar-refractivity contribution is 0.715. The van der Waals surface area contributed by atoms with E-state index in [1.807, 2.05) is 30.0 Å². The predicted molar refractivity (Wildman–Crippen MR) is 229 cm³/mol. The molecule has 3 nitrogen and oxygen atoms in total. The van der Waals surface area contributed by atoms with E-state index in [0.717, 1.165) is 28.2 Å². The number of hydrogen-bond donors (Lipinski definition) is 1. The Balaban J connectivity index is 1.17. The van der Waals surface area contributed by atoms with Gasteiger partial charge in [0.05, 0.1) is 28.8 Å². The Morgan fingerprint density at radius 3 is 2.00 bits per heavy atom. The lowest BCUT2D eigenvalue weighted by atomic mass is 9.67. The molecule has 0 saturated heterocycles. The van der Waals surface area contributed by atoms with Crippen LogP contribution in [0, 0.1) is 11.3 Å². The topological polar surface area (TPSA) is 48.2 Å². The molecule has 0 radical (unpaired) electrons. The van der Waals surface area contributed by atoms with Crippen LogP contribution in [-0.4, -0.2) is 5.84 Å². The summed E-state index contributed by atoms with van der Waals surface area (Å²) in [6.07, 6.45) is 2.30. The molecule has 0 saturated carbocycles. The van der Waals surface area contributed by atoms with Crippen LogP contribution in [0.5, 0.6) is 0 Å². The minimum absolute atomic E-state index is 0.149. The molecule has 1 unspecified atom stereocenters. The van der Waals surface area contributed by atoms with Gasteiger partial charge in [0, 0.05) is 20.9 Å². The van der Waals surface area contributed by atoms with Gasteiger partial charge in [-0.1, -0.05) is 169 Å². The molecular formula is C52H33N3S. The summed E-state index contributed by atoms with van der Waals surface area (Å²) in [6.45, 7) is 0. The van der Waals surface area contributed by atoms with Crippen molar-refractivity contribution in [2.45, 2.75) is 21.2 Å². The van der Waals surface area contributed by atoms with Gasteiger partial charge in [0.25, 0.3) is 0 Å². The molecule has 1 atom stereocenters. The van der Waals surface area contributed by atoms with Gasteiger partial charge in [0.2, 0.25) is 0 Å². The molecule has 2 heterocycles. The van der Waals surface area contributed by atoms with E-state index >= 15 is 0 Å². The zero-order valence-electron chi connectivity index (χ0n) is 30.3.